The van der Waals surface area contributed by atoms with Gasteiger partial charge in [-0.25, -0.2) is 9.78 Å². The highest BCUT2D eigenvalue weighted by atomic mass is 16.5. The molecule has 3 aromatic rings. The van der Waals surface area contributed by atoms with E-state index in [2.05, 4.69) is 26.7 Å². The molecule has 0 fully saturated rings. The summed E-state index contributed by atoms with van der Waals surface area (Å²) < 4.78 is 5.08. The van der Waals surface area contributed by atoms with Crippen LogP contribution in [0.4, 0.5) is 23.1 Å². The highest BCUT2D eigenvalue weighted by molar-refractivity contribution is 5.96. The number of nitrogens with zero attached hydrogens (tertiary/aromatic N) is 3. The molecule has 0 aliphatic carbocycles. The Balaban J connectivity index is 1.83. The van der Waals surface area contributed by atoms with Gasteiger partial charge in [-0.3, -0.25) is 0 Å². The zero-order valence-electron chi connectivity index (χ0n) is 14.6. The summed E-state index contributed by atoms with van der Waals surface area (Å²) in [4.78, 5) is 20.7. The number of carbonyl (C=O) groups excluding carboxylic acids is 1. The zero-order valence-corrected chi connectivity index (χ0v) is 14.6. The van der Waals surface area contributed by atoms with Crippen molar-refractivity contribution in [2.75, 3.05) is 17.2 Å². The standard InChI is InChI=1S/C20H17N5O2/c1-2-27-19(26)15-8-4-6-10-17(15)23-18-11-12-22-20(25-18)24-16-9-5-3-7-14(16)13-21/h3-12H,2H2,1H3,(H2,22,23,24,25). The van der Waals surface area contributed by atoms with Crippen LogP contribution in [0.2, 0.25) is 0 Å². The minimum atomic E-state index is -0.407. The maximum Gasteiger partial charge on any atom is 0.340 e. The van der Waals surface area contributed by atoms with Crippen LogP contribution < -0.4 is 10.6 Å². The largest absolute Gasteiger partial charge is 0.462 e. The quantitative estimate of drug-likeness (QED) is 0.641. The lowest BCUT2D eigenvalue weighted by Crippen LogP contribution is -2.08. The molecule has 0 saturated carbocycles. The second kappa shape index (κ2) is 8.45. The van der Waals surface area contributed by atoms with Crippen LogP contribution >= 0.6 is 0 Å². The molecule has 0 spiro atoms. The van der Waals surface area contributed by atoms with E-state index in [0.29, 0.717) is 40.9 Å². The number of benzene rings is 2. The summed E-state index contributed by atoms with van der Waals surface area (Å²) in [5.41, 5.74) is 2.11. The van der Waals surface area contributed by atoms with Crippen LogP contribution in [0.15, 0.2) is 60.8 Å². The van der Waals surface area contributed by atoms with E-state index in [-0.39, 0.29) is 0 Å². The van der Waals surface area contributed by atoms with Gasteiger partial charge in [0, 0.05) is 6.20 Å². The van der Waals surface area contributed by atoms with Crippen molar-refractivity contribution >= 4 is 29.1 Å². The maximum absolute atomic E-state index is 12.1. The fraction of sp³-hybridized carbons (Fsp3) is 0.100. The van der Waals surface area contributed by atoms with Crippen molar-refractivity contribution in [3.05, 3.63) is 71.9 Å². The van der Waals surface area contributed by atoms with Gasteiger partial charge in [-0.15, -0.1) is 0 Å². The molecule has 2 N–H and O–H groups in total. The number of anilines is 4. The molecule has 27 heavy (non-hydrogen) atoms. The molecular formula is C20H17N5O2. The molecule has 3 rings (SSSR count). The molecule has 1 heterocycles. The van der Waals surface area contributed by atoms with Gasteiger partial charge in [0.15, 0.2) is 0 Å². The van der Waals surface area contributed by atoms with Crippen LogP contribution in [0.5, 0.6) is 0 Å². The van der Waals surface area contributed by atoms with Crippen LogP contribution in [0.25, 0.3) is 0 Å². The van der Waals surface area contributed by atoms with Gasteiger partial charge in [0.25, 0.3) is 0 Å². The fourth-order valence-corrected chi connectivity index (χ4v) is 2.42. The normalized spacial score (nSPS) is 9.93. The Morgan fingerprint density at radius 2 is 1.81 bits per heavy atom. The van der Waals surface area contributed by atoms with Crippen molar-refractivity contribution in [1.82, 2.24) is 9.97 Å². The van der Waals surface area contributed by atoms with E-state index in [0.717, 1.165) is 0 Å². The number of nitriles is 1. The summed E-state index contributed by atoms with van der Waals surface area (Å²) in [7, 11) is 0. The van der Waals surface area contributed by atoms with Gasteiger partial charge in [0.1, 0.15) is 11.9 Å². The predicted molar refractivity (Wildman–Crippen MR) is 102 cm³/mol. The molecule has 0 amide bonds. The maximum atomic E-state index is 12.1. The molecule has 7 heteroatoms. The summed E-state index contributed by atoms with van der Waals surface area (Å²) in [5.74, 6) is 0.422. The number of nitrogens with one attached hydrogen (secondary N) is 2. The van der Waals surface area contributed by atoms with Crippen molar-refractivity contribution in [3.63, 3.8) is 0 Å². The SMILES string of the molecule is CCOC(=O)c1ccccc1Nc1ccnc(Nc2ccccc2C#N)n1. The van der Waals surface area contributed by atoms with E-state index in [9.17, 15) is 10.1 Å². The van der Waals surface area contributed by atoms with E-state index in [1.54, 1.807) is 55.6 Å². The second-order valence-corrected chi connectivity index (χ2v) is 5.44. The molecule has 7 nitrogen and oxygen atoms in total. The number of aromatic nitrogens is 2. The average Bonchev–Trinajstić information content (AvgIpc) is 2.69. The van der Waals surface area contributed by atoms with Crippen LogP contribution in [-0.4, -0.2) is 22.5 Å². The van der Waals surface area contributed by atoms with Gasteiger partial charge in [-0.1, -0.05) is 24.3 Å². The van der Waals surface area contributed by atoms with Crippen molar-refractivity contribution in [2.45, 2.75) is 6.92 Å². The van der Waals surface area contributed by atoms with E-state index in [1.165, 1.54) is 0 Å². The van der Waals surface area contributed by atoms with Gasteiger partial charge in [-0.2, -0.15) is 10.2 Å². The second-order valence-electron chi connectivity index (χ2n) is 5.44. The highest BCUT2D eigenvalue weighted by Gasteiger charge is 2.12. The first-order valence-electron chi connectivity index (χ1n) is 8.33. The smallest absolute Gasteiger partial charge is 0.340 e. The number of esters is 1. The average molecular weight is 359 g/mol. The van der Waals surface area contributed by atoms with E-state index >= 15 is 0 Å². The Kier molecular flexibility index (Phi) is 5.60. The minimum absolute atomic E-state index is 0.299. The number of para-hydroxylation sites is 2. The van der Waals surface area contributed by atoms with Gasteiger partial charge >= 0.3 is 5.97 Å². The molecule has 0 radical (unpaired) electrons. The van der Waals surface area contributed by atoms with Crippen molar-refractivity contribution < 1.29 is 9.53 Å². The first kappa shape index (κ1) is 17.9. The first-order chi connectivity index (χ1) is 13.2. The molecule has 0 aliphatic heterocycles. The number of hydrogen-bond donors (Lipinski definition) is 2. The molecule has 1 aromatic heterocycles. The van der Waals surface area contributed by atoms with Gasteiger partial charge in [0.2, 0.25) is 5.95 Å². The Bertz CT molecular complexity index is 997. The van der Waals surface area contributed by atoms with E-state index < -0.39 is 5.97 Å². The van der Waals surface area contributed by atoms with Gasteiger partial charge in [0.05, 0.1) is 29.1 Å². The van der Waals surface area contributed by atoms with Crippen LogP contribution in [0.1, 0.15) is 22.8 Å². The van der Waals surface area contributed by atoms with Crippen LogP contribution in [-0.2, 0) is 4.74 Å². The van der Waals surface area contributed by atoms with E-state index in [4.69, 9.17) is 4.74 Å². The van der Waals surface area contributed by atoms with Crippen LogP contribution in [0.3, 0.4) is 0 Å². The Morgan fingerprint density at radius 1 is 1.07 bits per heavy atom. The molecule has 0 unspecified atom stereocenters. The summed E-state index contributed by atoms with van der Waals surface area (Å²) in [6.45, 7) is 2.06. The molecule has 2 aromatic carbocycles. The third-order valence-electron chi connectivity index (χ3n) is 3.63. The van der Waals surface area contributed by atoms with Gasteiger partial charge < -0.3 is 15.4 Å². The molecule has 0 saturated heterocycles. The molecule has 0 bridgehead atoms. The highest BCUT2D eigenvalue weighted by Crippen LogP contribution is 2.22. The Hall–Kier alpha value is -3.92. The number of rotatable bonds is 6. The molecule has 134 valence electrons. The predicted octanol–water partition coefficient (Wildman–Crippen LogP) is 4.01. The fourth-order valence-electron chi connectivity index (χ4n) is 2.42. The lowest BCUT2D eigenvalue weighted by molar-refractivity contribution is 0.0527. The number of hydrogen-bond acceptors (Lipinski definition) is 7. The number of carbonyl (C=O) groups is 1. The molecular weight excluding hydrogens is 342 g/mol. The van der Waals surface area contributed by atoms with Gasteiger partial charge in [-0.05, 0) is 37.3 Å². The minimum Gasteiger partial charge on any atom is -0.462 e. The molecule has 0 aliphatic rings. The topological polar surface area (TPSA) is 99.9 Å². The third kappa shape index (κ3) is 4.38. The summed E-state index contributed by atoms with van der Waals surface area (Å²) in [6.07, 6.45) is 1.58. The molecule has 0 atom stereocenters. The first-order valence-corrected chi connectivity index (χ1v) is 8.33. The van der Waals surface area contributed by atoms with Crippen molar-refractivity contribution in [3.8, 4) is 6.07 Å². The summed E-state index contributed by atoms with van der Waals surface area (Å²) >= 11 is 0. The van der Waals surface area contributed by atoms with Crippen molar-refractivity contribution in [2.24, 2.45) is 0 Å². The summed E-state index contributed by atoms with van der Waals surface area (Å²) in [6, 6.07) is 17.9. The van der Waals surface area contributed by atoms with E-state index in [1.807, 2.05) is 12.1 Å². The zero-order chi connectivity index (χ0) is 19.1. The Morgan fingerprint density at radius 3 is 2.59 bits per heavy atom. The monoisotopic (exact) mass is 359 g/mol. The Labute approximate surface area is 156 Å². The lowest BCUT2D eigenvalue weighted by atomic mass is 10.2. The van der Waals surface area contributed by atoms with Crippen LogP contribution in [0, 0.1) is 11.3 Å². The number of ether oxygens (including phenoxy) is 1. The summed E-state index contributed by atoms with van der Waals surface area (Å²) in [5, 5.41) is 15.3. The van der Waals surface area contributed by atoms with Crippen molar-refractivity contribution in [1.29, 1.82) is 5.26 Å². The lowest BCUT2D eigenvalue weighted by Gasteiger charge is -2.12. The third-order valence-corrected chi connectivity index (χ3v) is 3.63.